The summed E-state index contributed by atoms with van der Waals surface area (Å²) in [6.07, 6.45) is 9.99. The molecule has 296 valence electrons. The molecule has 3 aliphatic rings. The zero-order valence-corrected chi connectivity index (χ0v) is 35.4. The van der Waals surface area contributed by atoms with Crippen LogP contribution in [0.25, 0.3) is 112 Å². The second-order valence-corrected chi connectivity index (χ2v) is 18.7. The summed E-state index contributed by atoms with van der Waals surface area (Å²) in [6.45, 7) is 0. The molecule has 6 aromatic carbocycles. The van der Waals surface area contributed by atoms with Gasteiger partial charge in [0.25, 0.3) is 0 Å². The summed E-state index contributed by atoms with van der Waals surface area (Å²) < 4.78 is 0.424. The molecule has 0 saturated carbocycles. The molecule has 0 unspecified atom stereocenters. The van der Waals surface area contributed by atoms with Crippen LogP contribution in [0.3, 0.4) is 0 Å². The highest BCUT2D eigenvalue weighted by molar-refractivity contribution is 8.16. The van der Waals surface area contributed by atoms with E-state index in [4.69, 9.17) is 9.97 Å². The van der Waals surface area contributed by atoms with Crippen molar-refractivity contribution in [2.45, 2.75) is 11.0 Å². The van der Waals surface area contributed by atoms with Gasteiger partial charge < -0.3 is 9.97 Å². The van der Waals surface area contributed by atoms with E-state index in [1.54, 1.807) is 0 Å². The van der Waals surface area contributed by atoms with E-state index in [0.29, 0.717) is 4.58 Å². The Morgan fingerprint density at radius 2 is 0.855 bits per heavy atom. The third-order valence-electron chi connectivity index (χ3n) is 12.2. The molecule has 4 nitrogen and oxygen atoms in total. The van der Waals surface area contributed by atoms with Crippen molar-refractivity contribution in [3.63, 3.8) is 0 Å². The molecule has 9 aromatic rings. The molecule has 6 heterocycles. The van der Waals surface area contributed by atoms with E-state index < -0.39 is 0 Å². The quantitative estimate of drug-likeness (QED) is 0.170. The highest BCUT2D eigenvalue weighted by atomic mass is 32.2. The molecular weight excluding hydrogens is 793 g/mol. The van der Waals surface area contributed by atoms with Crippen molar-refractivity contribution in [2.75, 3.05) is 11.5 Å². The summed E-state index contributed by atoms with van der Waals surface area (Å²) in [6, 6.07) is 59.0. The normalized spacial score (nSPS) is 13.9. The van der Waals surface area contributed by atoms with E-state index in [1.807, 2.05) is 0 Å². The van der Waals surface area contributed by atoms with Crippen LogP contribution in [0.1, 0.15) is 39.3 Å². The smallest absolute Gasteiger partial charge is 0.0757 e. The van der Waals surface area contributed by atoms with Crippen molar-refractivity contribution in [1.82, 2.24) is 19.9 Å². The number of nitrogens with one attached hydrogen (secondary N) is 2. The van der Waals surface area contributed by atoms with Gasteiger partial charge in [-0.25, -0.2) is 9.97 Å². The van der Waals surface area contributed by atoms with Crippen LogP contribution in [0.15, 0.2) is 164 Å². The largest absolute Gasteiger partial charge is 0.354 e. The van der Waals surface area contributed by atoms with Gasteiger partial charge in [-0.15, -0.1) is 23.5 Å². The third-order valence-corrected chi connectivity index (χ3v) is 15.2. The molecule has 3 aliphatic heterocycles. The molecule has 6 heteroatoms. The fraction of sp³-hybridized carbons (Fsp3) is 0.0714. The van der Waals surface area contributed by atoms with E-state index >= 15 is 0 Å². The SMILES string of the molecule is C1=Cc2nc1c(-c1cccc3cc4cccc(C5SCCCS5)c4cc13)c1nc(c(-c3ccccc3)c3ccc([nH]3)c(-c3ccccc3)c3ccc([nH]3)c2-c2ccccc2)C=C1. The topological polar surface area (TPSA) is 57.4 Å². The first kappa shape index (κ1) is 36.9. The molecule has 1 fully saturated rings. The number of nitrogens with zero attached hydrogens (tertiary/aromatic N) is 2. The van der Waals surface area contributed by atoms with Crippen molar-refractivity contribution < 1.29 is 0 Å². The first-order valence-corrected chi connectivity index (χ1v) is 23.3. The van der Waals surface area contributed by atoms with Crippen LogP contribution in [0.5, 0.6) is 0 Å². The summed E-state index contributed by atoms with van der Waals surface area (Å²) in [4.78, 5) is 18.9. The maximum atomic E-state index is 5.59. The van der Waals surface area contributed by atoms with Gasteiger partial charge in [-0.1, -0.05) is 127 Å². The highest BCUT2D eigenvalue weighted by Crippen LogP contribution is 2.47. The van der Waals surface area contributed by atoms with Crippen molar-refractivity contribution in [3.8, 4) is 44.5 Å². The zero-order valence-electron chi connectivity index (χ0n) is 33.8. The number of hydrogen-bond acceptors (Lipinski definition) is 4. The summed E-state index contributed by atoms with van der Waals surface area (Å²) >= 11 is 4.15. The number of aromatic amines is 2. The van der Waals surface area contributed by atoms with Gasteiger partial charge >= 0.3 is 0 Å². The fourth-order valence-corrected chi connectivity index (χ4v) is 12.3. The van der Waals surface area contributed by atoms with Gasteiger partial charge in [-0.3, -0.25) is 0 Å². The first-order valence-electron chi connectivity index (χ1n) is 21.2. The number of fused-ring (bicyclic) bond motifs is 10. The highest BCUT2D eigenvalue weighted by Gasteiger charge is 2.23. The molecule has 0 amide bonds. The van der Waals surface area contributed by atoms with Crippen LogP contribution < -0.4 is 0 Å². The zero-order chi connectivity index (χ0) is 41.0. The molecule has 0 radical (unpaired) electrons. The van der Waals surface area contributed by atoms with E-state index in [2.05, 4.69) is 222 Å². The Hall–Kier alpha value is -6.86. The number of aromatic nitrogens is 4. The number of H-pyrrole nitrogens is 2. The monoisotopic (exact) mass is 832 g/mol. The Morgan fingerprint density at radius 1 is 0.403 bits per heavy atom. The molecule has 12 rings (SSSR count). The Balaban J connectivity index is 1.22. The summed E-state index contributed by atoms with van der Waals surface area (Å²) in [5, 5.41) is 4.99. The van der Waals surface area contributed by atoms with Gasteiger partial charge in [-0.05, 0) is 128 Å². The Labute approximate surface area is 368 Å². The second kappa shape index (κ2) is 15.6. The lowest BCUT2D eigenvalue weighted by atomic mass is 9.93. The molecule has 0 atom stereocenters. The Kier molecular flexibility index (Phi) is 9.27. The average molecular weight is 833 g/mol. The maximum Gasteiger partial charge on any atom is 0.0757 e. The van der Waals surface area contributed by atoms with Crippen molar-refractivity contribution >= 4 is 91.4 Å². The number of rotatable bonds is 5. The lowest BCUT2D eigenvalue weighted by Gasteiger charge is -2.23. The number of thioether (sulfide) groups is 2. The van der Waals surface area contributed by atoms with Crippen molar-refractivity contribution in [1.29, 1.82) is 0 Å². The molecular formula is C56H40N4S2. The minimum absolute atomic E-state index is 0.424. The van der Waals surface area contributed by atoms with Crippen molar-refractivity contribution in [2.24, 2.45) is 0 Å². The standard InChI is InChI=1S/C56H40N4S2/c1-4-13-35(14-5-1)52-44-23-25-46(57-44)53(36-15-6-2-7-16-36)48-27-29-50(59-48)55(51-30-28-49(60-51)54(37-17-8-3-9-18-37)47-26-24-45(52)58-47)40-21-10-19-38-33-39-20-11-22-41(43(39)34-42(38)40)56-61-31-12-32-62-56/h1-11,13-30,33-34,56-58H,12,31-32H2. The summed E-state index contributed by atoms with van der Waals surface area (Å²) in [5.74, 6) is 2.40. The average Bonchev–Trinajstić information content (AvgIpc) is 4.18. The second-order valence-electron chi connectivity index (χ2n) is 16.0. The lowest BCUT2D eigenvalue weighted by Crippen LogP contribution is -2.01. The molecule has 3 aromatic heterocycles. The maximum absolute atomic E-state index is 5.59. The Morgan fingerprint density at radius 3 is 1.39 bits per heavy atom. The molecule has 1 saturated heterocycles. The Bertz CT molecular complexity index is 3290. The van der Waals surface area contributed by atoms with Crippen LogP contribution in [0, 0.1) is 0 Å². The van der Waals surface area contributed by atoms with Crippen molar-refractivity contribution in [3.05, 3.63) is 192 Å². The fourth-order valence-electron chi connectivity index (χ4n) is 9.38. The lowest BCUT2D eigenvalue weighted by molar-refractivity contribution is 1.10. The van der Waals surface area contributed by atoms with Crippen LogP contribution in [-0.4, -0.2) is 31.4 Å². The van der Waals surface area contributed by atoms with E-state index in [1.165, 1.54) is 45.0 Å². The van der Waals surface area contributed by atoms with Gasteiger partial charge in [0.1, 0.15) is 0 Å². The van der Waals surface area contributed by atoms with Crippen LogP contribution in [0.4, 0.5) is 0 Å². The van der Waals surface area contributed by atoms with Gasteiger partial charge in [0, 0.05) is 44.3 Å². The van der Waals surface area contributed by atoms with Crippen LogP contribution in [-0.2, 0) is 0 Å². The van der Waals surface area contributed by atoms with E-state index in [-0.39, 0.29) is 0 Å². The molecule has 0 aliphatic carbocycles. The first-order chi connectivity index (χ1) is 30.7. The van der Waals surface area contributed by atoms with Gasteiger partial charge in [0.2, 0.25) is 0 Å². The summed E-state index contributed by atoms with van der Waals surface area (Å²) in [5.41, 5.74) is 17.6. The van der Waals surface area contributed by atoms with Crippen LogP contribution >= 0.6 is 23.5 Å². The van der Waals surface area contributed by atoms with Gasteiger partial charge in [0.15, 0.2) is 0 Å². The number of benzene rings is 6. The number of hydrogen-bond donors (Lipinski definition) is 2. The third kappa shape index (κ3) is 6.49. The van der Waals surface area contributed by atoms with Crippen LogP contribution in [0.2, 0.25) is 0 Å². The minimum Gasteiger partial charge on any atom is -0.354 e. The van der Waals surface area contributed by atoms with E-state index in [9.17, 15) is 0 Å². The van der Waals surface area contributed by atoms with Gasteiger partial charge in [-0.2, -0.15) is 0 Å². The van der Waals surface area contributed by atoms with Gasteiger partial charge in [0.05, 0.1) is 27.4 Å². The molecule has 8 bridgehead atoms. The molecule has 2 N–H and O–H groups in total. The minimum atomic E-state index is 0.424. The predicted molar refractivity (Wildman–Crippen MR) is 268 cm³/mol. The molecule has 62 heavy (non-hydrogen) atoms. The summed E-state index contributed by atoms with van der Waals surface area (Å²) in [7, 11) is 0. The molecule has 0 spiro atoms. The predicted octanol–water partition coefficient (Wildman–Crippen LogP) is 15.5. The van der Waals surface area contributed by atoms with E-state index in [0.717, 1.165) is 89.4 Å².